The van der Waals surface area contributed by atoms with Gasteiger partial charge in [0.05, 0.1) is 11.9 Å². The summed E-state index contributed by atoms with van der Waals surface area (Å²) in [5, 5.41) is 15.0. The standard InChI is InChI=1S/C11H17N3O4S/c1-8-10(6-12-13-8)19(17,18)14-5-4-9(7-14)2-3-11(15)16/h6,9H,2-5,7H2,1H3,(H,12,13)(H,15,16). The van der Waals surface area contributed by atoms with Crippen LogP contribution >= 0.6 is 0 Å². The average Bonchev–Trinajstić information content (AvgIpc) is 2.95. The van der Waals surface area contributed by atoms with Crippen LogP contribution in [0, 0.1) is 12.8 Å². The summed E-state index contributed by atoms with van der Waals surface area (Å²) < 4.78 is 26.1. The van der Waals surface area contributed by atoms with Crippen molar-refractivity contribution in [2.45, 2.75) is 31.1 Å². The minimum atomic E-state index is -3.51. The van der Waals surface area contributed by atoms with Crippen molar-refractivity contribution in [1.82, 2.24) is 14.5 Å². The van der Waals surface area contributed by atoms with E-state index in [1.54, 1.807) is 6.92 Å². The van der Waals surface area contributed by atoms with Crippen LogP contribution in [0.1, 0.15) is 25.0 Å². The minimum Gasteiger partial charge on any atom is -0.481 e. The molecule has 19 heavy (non-hydrogen) atoms. The maximum Gasteiger partial charge on any atom is 0.303 e. The fraction of sp³-hybridized carbons (Fsp3) is 0.636. The van der Waals surface area contributed by atoms with E-state index in [2.05, 4.69) is 10.2 Å². The largest absolute Gasteiger partial charge is 0.481 e. The Hall–Kier alpha value is -1.41. The summed E-state index contributed by atoms with van der Waals surface area (Å²) in [7, 11) is -3.51. The van der Waals surface area contributed by atoms with Crippen LogP contribution in [-0.2, 0) is 14.8 Å². The number of sulfonamides is 1. The number of aromatic nitrogens is 2. The Morgan fingerprint density at radius 2 is 2.37 bits per heavy atom. The Bertz CT molecular complexity index is 566. The SMILES string of the molecule is Cc1[nH]ncc1S(=O)(=O)N1CCC(CCC(=O)O)C1. The van der Waals surface area contributed by atoms with E-state index in [1.165, 1.54) is 10.5 Å². The zero-order chi connectivity index (χ0) is 14.0. The second kappa shape index (κ2) is 5.30. The first kappa shape index (κ1) is 14.0. The predicted octanol–water partition coefficient (Wildman–Crippen LogP) is 0.594. The van der Waals surface area contributed by atoms with Gasteiger partial charge in [-0.15, -0.1) is 0 Å². The van der Waals surface area contributed by atoms with Gasteiger partial charge in [-0.3, -0.25) is 9.89 Å². The van der Waals surface area contributed by atoms with Crippen molar-refractivity contribution < 1.29 is 18.3 Å². The number of aliphatic carboxylic acids is 1. The molecule has 106 valence electrons. The monoisotopic (exact) mass is 287 g/mol. The molecule has 0 saturated carbocycles. The zero-order valence-electron chi connectivity index (χ0n) is 10.7. The Balaban J connectivity index is 2.04. The first-order valence-corrected chi connectivity index (χ1v) is 7.57. The van der Waals surface area contributed by atoms with E-state index in [0.29, 0.717) is 31.6 Å². The molecule has 0 aromatic carbocycles. The fourth-order valence-corrected chi connectivity index (χ4v) is 3.97. The summed E-state index contributed by atoms with van der Waals surface area (Å²) in [6, 6.07) is 0. The van der Waals surface area contributed by atoms with Gasteiger partial charge in [-0.05, 0) is 25.7 Å². The smallest absolute Gasteiger partial charge is 0.303 e. The molecule has 0 amide bonds. The molecule has 1 aromatic heterocycles. The van der Waals surface area contributed by atoms with Crippen LogP contribution in [0.5, 0.6) is 0 Å². The molecule has 0 spiro atoms. The summed E-state index contributed by atoms with van der Waals surface area (Å²) in [6.45, 7) is 2.50. The number of aryl methyl sites for hydroxylation is 1. The number of rotatable bonds is 5. The predicted molar refractivity (Wildman–Crippen MR) is 67.1 cm³/mol. The number of hydrogen-bond donors (Lipinski definition) is 2. The maximum absolute atomic E-state index is 12.3. The number of nitrogens with zero attached hydrogens (tertiary/aromatic N) is 2. The summed E-state index contributed by atoms with van der Waals surface area (Å²) >= 11 is 0. The third kappa shape index (κ3) is 2.95. The number of carbonyl (C=O) groups is 1. The van der Waals surface area contributed by atoms with Crippen LogP contribution < -0.4 is 0 Å². The van der Waals surface area contributed by atoms with Crippen molar-refractivity contribution in [3.63, 3.8) is 0 Å². The average molecular weight is 287 g/mol. The Morgan fingerprint density at radius 3 is 2.95 bits per heavy atom. The Kier molecular flexibility index (Phi) is 3.91. The van der Waals surface area contributed by atoms with Crippen molar-refractivity contribution in [1.29, 1.82) is 0 Å². The summed E-state index contributed by atoms with van der Waals surface area (Å²) in [5.41, 5.74) is 0.522. The van der Waals surface area contributed by atoms with Crippen molar-refractivity contribution in [3.05, 3.63) is 11.9 Å². The highest BCUT2D eigenvalue weighted by Gasteiger charge is 2.33. The molecule has 2 rings (SSSR count). The van der Waals surface area contributed by atoms with E-state index in [4.69, 9.17) is 5.11 Å². The molecule has 2 N–H and O–H groups in total. The van der Waals surface area contributed by atoms with Crippen LogP contribution in [0.4, 0.5) is 0 Å². The molecule has 0 radical (unpaired) electrons. The normalized spacial score (nSPS) is 20.8. The van der Waals surface area contributed by atoms with Crippen molar-refractivity contribution >= 4 is 16.0 Å². The van der Waals surface area contributed by atoms with E-state index in [9.17, 15) is 13.2 Å². The summed E-state index contributed by atoms with van der Waals surface area (Å²) in [4.78, 5) is 10.7. The van der Waals surface area contributed by atoms with Gasteiger partial charge in [0, 0.05) is 19.5 Å². The second-order valence-corrected chi connectivity index (χ2v) is 6.72. The topological polar surface area (TPSA) is 103 Å². The van der Waals surface area contributed by atoms with E-state index in [0.717, 1.165) is 0 Å². The second-order valence-electron chi connectivity index (χ2n) is 4.81. The van der Waals surface area contributed by atoms with Crippen molar-refractivity contribution in [2.24, 2.45) is 5.92 Å². The number of aromatic amines is 1. The molecule has 1 aliphatic heterocycles. The fourth-order valence-electron chi connectivity index (χ4n) is 2.32. The molecule has 1 atom stereocenters. The molecule has 1 aliphatic rings. The summed E-state index contributed by atoms with van der Waals surface area (Å²) in [5.74, 6) is -0.718. The van der Waals surface area contributed by atoms with Gasteiger partial charge in [0.1, 0.15) is 4.90 Å². The molecule has 8 heteroatoms. The van der Waals surface area contributed by atoms with Gasteiger partial charge >= 0.3 is 5.97 Å². The molecule has 0 bridgehead atoms. The lowest BCUT2D eigenvalue weighted by molar-refractivity contribution is -0.137. The first-order chi connectivity index (χ1) is 8.91. The Labute approximate surface area is 111 Å². The van der Waals surface area contributed by atoms with E-state index < -0.39 is 16.0 Å². The van der Waals surface area contributed by atoms with E-state index in [-0.39, 0.29) is 17.2 Å². The quantitative estimate of drug-likeness (QED) is 0.825. The molecular weight excluding hydrogens is 270 g/mol. The lowest BCUT2D eigenvalue weighted by Crippen LogP contribution is -2.29. The molecule has 1 fully saturated rings. The molecule has 1 aromatic rings. The third-order valence-electron chi connectivity index (χ3n) is 3.42. The van der Waals surface area contributed by atoms with Gasteiger partial charge in [0.25, 0.3) is 0 Å². The lowest BCUT2D eigenvalue weighted by atomic mass is 10.0. The van der Waals surface area contributed by atoms with Crippen LogP contribution in [0.3, 0.4) is 0 Å². The third-order valence-corrected chi connectivity index (χ3v) is 5.40. The molecule has 7 nitrogen and oxygen atoms in total. The lowest BCUT2D eigenvalue weighted by Gasteiger charge is -2.15. The van der Waals surface area contributed by atoms with Crippen molar-refractivity contribution in [2.75, 3.05) is 13.1 Å². The number of hydrogen-bond acceptors (Lipinski definition) is 4. The van der Waals surface area contributed by atoms with E-state index >= 15 is 0 Å². The van der Waals surface area contributed by atoms with Crippen molar-refractivity contribution in [3.8, 4) is 0 Å². The Morgan fingerprint density at radius 1 is 1.63 bits per heavy atom. The highest BCUT2D eigenvalue weighted by Crippen LogP contribution is 2.27. The summed E-state index contributed by atoms with van der Waals surface area (Å²) in [6.07, 6.45) is 2.63. The molecule has 1 saturated heterocycles. The van der Waals surface area contributed by atoms with Gasteiger partial charge in [-0.2, -0.15) is 9.40 Å². The first-order valence-electron chi connectivity index (χ1n) is 6.13. The van der Waals surface area contributed by atoms with Gasteiger partial charge < -0.3 is 5.11 Å². The van der Waals surface area contributed by atoms with Gasteiger partial charge in [0.15, 0.2) is 0 Å². The number of nitrogens with one attached hydrogen (secondary N) is 1. The molecule has 1 unspecified atom stereocenters. The number of carboxylic acid groups (broad SMARTS) is 1. The van der Waals surface area contributed by atoms with Gasteiger partial charge in [-0.1, -0.05) is 0 Å². The number of H-pyrrole nitrogens is 1. The number of carboxylic acids is 1. The highest BCUT2D eigenvalue weighted by molar-refractivity contribution is 7.89. The minimum absolute atomic E-state index is 0.0866. The molecular formula is C11H17N3O4S. The molecule has 2 heterocycles. The van der Waals surface area contributed by atoms with Gasteiger partial charge in [0.2, 0.25) is 10.0 Å². The maximum atomic E-state index is 12.3. The van der Waals surface area contributed by atoms with E-state index in [1.807, 2.05) is 0 Å². The highest BCUT2D eigenvalue weighted by atomic mass is 32.2. The van der Waals surface area contributed by atoms with Crippen LogP contribution in [0.15, 0.2) is 11.1 Å². The van der Waals surface area contributed by atoms with Crippen LogP contribution in [0.2, 0.25) is 0 Å². The van der Waals surface area contributed by atoms with Crippen LogP contribution in [0.25, 0.3) is 0 Å². The van der Waals surface area contributed by atoms with Crippen LogP contribution in [-0.4, -0.2) is 47.1 Å². The molecule has 0 aliphatic carbocycles. The zero-order valence-corrected chi connectivity index (χ0v) is 11.5. The van der Waals surface area contributed by atoms with Gasteiger partial charge in [-0.25, -0.2) is 8.42 Å².